The Hall–Kier alpha value is -1.03. The molecule has 5 heteroatoms. The van der Waals surface area contributed by atoms with Crippen molar-refractivity contribution < 1.29 is 0 Å². The first-order chi connectivity index (χ1) is 4.33. The van der Waals surface area contributed by atoms with Crippen LogP contribution >= 0.6 is 11.8 Å². The summed E-state index contributed by atoms with van der Waals surface area (Å²) >= 11 is 5.12. The van der Waals surface area contributed by atoms with Gasteiger partial charge in [-0.1, -0.05) is 0 Å². The highest BCUT2D eigenvalue weighted by Gasteiger charge is 1.86. The molecule has 1 heterocycles. The van der Waals surface area contributed by atoms with Crippen molar-refractivity contribution in [2.24, 2.45) is 0 Å². The Morgan fingerprint density at radius 2 is 2.56 bits per heavy atom. The molecule has 0 fully saturated rings. The molecular weight excluding hydrogens is 142 g/mol. The summed E-state index contributed by atoms with van der Waals surface area (Å²) in [6, 6.07) is 1.30. The molecule has 0 saturated carbocycles. The maximum atomic E-state index is 10.5. The number of hydrogen-bond acceptors (Lipinski definition) is 3. The van der Waals surface area contributed by atoms with Crippen LogP contribution in [0.3, 0.4) is 0 Å². The Balaban J connectivity index is 3.08. The summed E-state index contributed by atoms with van der Waals surface area (Å²) in [6.45, 7) is 0. The fourth-order valence-electron chi connectivity index (χ4n) is 0.418. The lowest BCUT2D eigenvalue weighted by Crippen LogP contribution is -2.05. The topological polar surface area (TPSA) is 57.8 Å². The van der Waals surface area contributed by atoms with Gasteiger partial charge in [0, 0.05) is 24.0 Å². The molecule has 0 saturated heterocycles. The third-order valence-corrected chi connectivity index (χ3v) is 0.940. The third-order valence-electron chi connectivity index (χ3n) is 0.761. The van der Waals surface area contributed by atoms with E-state index in [1.165, 1.54) is 12.3 Å². The zero-order chi connectivity index (χ0) is 6.69. The van der Waals surface area contributed by atoms with Crippen LogP contribution in [-0.2, 0) is 0 Å². The Kier molecular flexibility index (Phi) is 1.69. The molecule has 0 aliphatic rings. The molecule has 0 spiro atoms. The molecule has 2 N–H and O–H groups in total. The highest BCUT2D eigenvalue weighted by Crippen LogP contribution is 1.90. The predicted molar refractivity (Wildman–Crippen MR) is 34.3 cm³/mol. The minimum Gasteiger partial charge on any atom is -0.292 e. The molecular formula is C4H4ClN3O. The summed E-state index contributed by atoms with van der Waals surface area (Å²) in [5.41, 5.74) is -0.229. The van der Waals surface area contributed by atoms with Gasteiger partial charge >= 0.3 is 0 Å². The van der Waals surface area contributed by atoms with E-state index in [9.17, 15) is 4.79 Å². The molecule has 0 aliphatic heterocycles. The van der Waals surface area contributed by atoms with Gasteiger partial charge in [-0.2, -0.15) is 0 Å². The van der Waals surface area contributed by atoms with E-state index >= 15 is 0 Å². The first-order valence-electron chi connectivity index (χ1n) is 2.25. The lowest BCUT2D eigenvalue weighted by molar-refractivity contribution is 1.13. The Labute approximate surface area is 56.0 Å². The second-order valence-electron chi connectivity index (χ2n) is 1.38. The molecule has 48 valence electrons. The number of H-pyrrole nitrogens is 1. The average Bonchev–Trinajstić information content (AvgIpc) is 1.88. The Bertz CT molecular complexity index is 246. The van der Waals surface area contributed by atoms with Crippen LogP contribution in [0.2, 0.25) is 0 Å². The minimum absolute atomic E-state index is 0.229. The van der Waals surface area contributed by atoms with Crippen LogP contribution < -0.4 is 10.4 Å². The van der Waals surface area contributed by atoms with Crippen LogP contribution in [0.5, 0.6) is 0 Å². The van der Waals surface area contributed by atoms with E-state index in [0.29, 0.717) is 0 Å². The lowest BCUT2D eigenvalue weighted by Gasteiger charge is -1.90. The summed E-state index contributed by atoms with van der Waals surface area (Å²) in [5.74, 6) is 0.254. The van der Waals surface area contributed by atoms with E-state index in [0.717, 1.165) is 0 Å². The van der Waals surface area contributed by atoms with E-state index in [1.807, 2.05) is 0 Å². The van der Waals surface area contributed by atoms with Gasteiger partial charge in [0.1, 0.15) is 0 Å². The fraction of sp³-hybridized carbons (Fsp3) is 0. The number of nitrogens with zero attached hydrogens (tertiary/aromatic N) is 1. The van der Waals surface area contributed by atoms with Crippen LogP contribution in [-0.4, -0.2) is 9.97 Å². The number of rotatable bonds is 1. The summed E-state index contributed by atoms with van der Waals surface area (Å²) < 4.78 is 0. The number of aromatic nitrogens is 2. The third kappa shape index (κ3) is 1.43. The Morgan fingerprint density at radius 3 is 3.00 bits per heavy atom. The van der Waals surface area contributed by atoms with Gasteiger partial charge in [0.2, 0.25) is 5.95 Å². The van der Waals surface area contributed by atoms with Crippen LogP contribution in [0.25, 0.3) is 0 Å². The smallest absolute Gasteiger partial charge is 0.252 e. The van der Waals surface area contributed by atoms with Gasteiger partial charge in [0.05, 0.1) is 0 Å². The summed E-state index contributed by atoms with van der Waals surface area (Å²) in [6.07, 6.45) is 1.36. The van der Waals surface area contributed by atoms with Crippen LogP contribution in [0.1, 0.15) is 0 Å². The number of halogens is 1. The Morgan fingerprint density at radius 1 is 1.78 bits per heavy atom. The van der Waals surface area contributed by atoms with Crippen molar-refractivity contribution in [1.29, 1.82) is 0 Å². The molecule has 9 heavy (non-hydrogen) atoms. The maximum absolute atomic E-state index is 10.5. The zero-order valence-corrected chi connectivity index (χ0v) is 5.14. The van der Waals surface area contributed by atoms with E-state index in [1.54, 1.807) is 0 Å². The molecule has 0 bridgehead atoms. The van der Waals surface area contributed by atoms with Crippen LogP contribution in [0.4, 0.5) is 5.95 Å². The van der Waals surface area contributed by atoms with Crippen molar-refractivity contribution in [3.63, 3.8) is 0 Å². The van der Waals surface area contributed by atoms with Gasteiger partial charge in [-0.3, -0.25) is 14.6 Å². The van der Waals surface area contributed by atoms with E-state index < -0.39 is 0 Å². The number of aromatic amines is 1. The normalized spacial score (nSPS) is 9.00. The monoisotopic (exact) mass is 145 g/mol. The van der Waals surface area contributed by atoms with Crippen molar-refractivity contribution >= 4 is 17.7 Å². The van der Waals surface area contributed by atoms with E-state index in [2.05, 4.69) is 14.8 Å². The summed E-state index contributed by atoms with van der Waals surface area (Å²) in [4.78, 5) is 18.6. The van der Waals surface area contributed by atoms with Crippen molar-refractivity contribution in [3.8, 4) is 0 Å². The van der Waals surface area contributed by atoms with Gasteiger partial charge in [-0.25, -0.2) is 4.98 Å². The number of nitrogens with one attached hydrogen (secondary N) is 2. The summed E-state index contributed by atoms with van der Waals surface area (Å²) in [7, 11) is 0. The summed E-state index contributed by atoms with van der Waals surface area (Å²) in [5, 5.41) is 0. The second-order valence-corrected chi connectivity index (χ2v) is 1.57. The van der Waals surface area contributed by atoms with Crippen LogP contribution in [0, 0.1) is 0 Å². The minimum atomic E-state index is -0.229. The SMILES string of the molecule is O=c1ccnc(NCl)[nH]1. The molecule has 1 aromatic heterocycles. The van der Waals surface area contributed by atoms with Gasteiger partial charge < -0.3 is 0 Å². The lowest BCUT2D eigenvalue weighted by atomic mass is 10.7. The first kappa shape index (κ1) is 6.10. The largest absolute Gasteiger partial charge is 0.292 e. The molecule has 0 radical (unpaired) electrons. The van der Waals surface area contributed by atoms with Crippen molar-refractivity contribution in [1.82, 2.24) is 9.97 Å². The molecule has 4 nitrogen and oxygen atoms in total. The van der Waals surface area contributed by atoms with Crippen molar-refractivity contribution in [3.05, 3.63) is 22.6 Å². The average molecular weight is 146 g/mol. The van der Waals surface area contributed by atoms with Gasteiger partial charge in [-0.15, -0.1) is 0 Å². The molecule has 0 aromatic carbocycles. The first-order valence-corrected chi connectivity index (χ1v) is 2.62. The zero-order valence-electron chi connectivity index (χ0n) is 4.39. The van der Waals surface area contributed by atoms with E-state index in [4.69, 9.17) is 11.8 Å². The molecule has 0 atom stereocenters. The molecule has 0 aliphatic carbocycles. The highest BCUT2D eigenvalue weighted by molar-refractivity contribution is 6.23. The van der Waals surface area contributed by atoms with Crippen molar-refractivity contribution in [2.75, 3.05) is 4.84 Å². The fourth-order valence-corrected chi connectivity index (χ4v) is 0.514. The second kappa shape index (κ2) is 2.50. The predicted octanol–water partition coefficient (Wildman–Crippen LogP) is 0.336. The van der Waals surface area contributed by atoms with Gasteiger partial charge in [0.15, 0.2) is 0 Å². The quantitative estimate of drug-likeness (QED) is 0.560. The molecule has 0 unspecified atom stereocenters. The van der Waals surface area contributed by atoms with Crippen LogP contribution in [0.15, 0.2) is 17.1 Å². The van der Waals surface area contributed by atoms with E-state index in [-0.39, 0.29) is 11.5 Å². The number of anilines is 1. The van der Waals surface area contributed by atoms with Gasteiger partial charge in [-0.05, 0) is 0 Å². The highest BCUT2D eigenvalue weighted by atomic mass is 35.5. The molecule has 0 amide bonds. The standard InChI is InChI=1S/C4H4ClN3O/c5-8-4-6-2-1-3(9)7-4/h1-2H,(H2,6,7,8,9). The number of hydrogen-bond donors (Lipinski definition) is 2. The maximum Gasteiger partial charge on any atom is 0.252 e. The van der Waals surface area contributed by atoms with Crippen molar-refractivity contribution in [2.45, 2.75) is 0 Å². The molecule has 1 rings (SSSR count). The molecule has 1 aromatic rings. The van der Waals surface area contributed by atoms with Gasteiger partial charge in [0.25, 0.3) is 5.56 Å².